The molecule has 1 N–H and O–H groups in total. The lowest BCUT2D eigenvalue weighted by atomic mass is 10.1. The minimum atomic E-state index is -0.337. The summed E-state index contributed by atoms with van der Waals surface area (Å²) in [5.74, 6) is 1.99. The molecule has 7 nitrogen and oxygen atoms in total. The number of ether oxygens (including phenoxy) is 2. The van der Waals surface area contributed by atoms with Crippen LogP contribution in [0.1, 0.15) is 45.9 Å². The maximum absolute atomic E-state index is 13.1. The van der Waals surface area contributed by atoms with Gasteiger partial charge in [0.05, 0.1) is 30.6 Å². The van der Waals surface area contributed by atoms with Gasteiger partial charge in [0.25, 0.3) is 0 Å². The molecule has 0 saturated heterocycles. The SMILES string of the molecule is COc1ccc(Oc2c(CN(C(=O)NC(C)(C)C)C(C)C)c(C)nn2-c2ccccc2)cc1. The Morgan fingerprint density at radius 3 is 2.21 bits per heavy atom. The van der Waals surface area contributed by atoms with E-state index in [4.69, 9.17) is 14.6 Å². The van der Waals surface area contributed by atoms with Crippen LogP contribution in [0.3, 0.4) is 0 Å². The number of carbonyl (C=O) groups is 1. The van der Waals surface area contributed by atoms with Crippen molar-refractivity contribution >= 4 is 6.03 Å². The van der Waals surface area contributed by atoms with E-state index >= 15 is 0 Å². The number of aromatic nitrogens is 2. The molecule has 7 heteroatoms. The molecule has 0 saturated carbocycles. The summed E-state index contributed by atoms with van der Waals surface area (Å²) in [7, 11) is 1.63. The number of rotatable bonds is 7. The van der Waals surface area contributed by atoms with E-state index in [1.54, 1.807) is 16.7 Å². The topological polar surface area (TPSA) is 68.6 Å². The van der Waals surface area contributed by atoms with Gasteiger partial charge in [-0.05, 0) is 77.9 Å². The Morgan fingerprint density at radius 1 is 1.06 bits per heavy atom. The molecule has 0 aliphatic rings. The number of hydrogen-bond acceptors (Lipinski definition) is 4. The first-order chi connectivity index (χ1) is 15.6. The van der Waals surface area contributed by atoms with Crippen LogP contribution in [0, 0.1) is 6.92 Å². The van der Waals surface area contributed by atoms with Crippen LogP contribution in [0.15, 0.2) is 54.6 Å². The van der Waals surface area contributed by atoms with Gasteiger partial charge in [-0.1, -0.05) is 18.2 Å². The van der Waals surface area contributed by atoms with Gasteiger partial charge in [0, 0.05) is 11.6 Å². The van der Waals surface area contributed by atoms with Crippen molar-refractivity contribution in [2.75, 3.05) is 7.11 Å². The molecule has 2 aromatic carbocycles. The van der Waals surface area contributed by atoms with E-state index in [9.17, 15) is 4.79 Å². The van der Waals surface area contributed by atoms with Crippen LogP contribution in [0.2, 0.25) is 0 Å². The number of benzene rings is 2. The molecule has 176 valence electrons. The molecule has 2 amide bonds. The minimum absolute atomic E-state index is 0.0133. The Bertz CT molecular complexity index is 1070. The molecule has 0 unspecified atom stereocenters. The van der Waals surface area contributed by atoms with Gasteiger partial charge in [0.15, 0.2) is 0 Å². The Balaban J connectivity index is 2.04. The summed E-state index contributed by atoms with van der Waals surface area (Å²) < 4.78 is 13.4. The van der Waals surface area contributed by atoms with Crippen molar-refractivity contribution < 1.29 is 14.3 Å². The number of hydrogen-bond donors (Lipinski definition) is 1. The van der Waals surface area contributed by atoms with Crippen LogP contribution in [0.25, 0.3) is 5.69 Å². The number of amides is 2. The minimum Gasteiger partial charge on any atom is -0.497 e. The Hall–Kier alpha value is -3.48. The van der Waals surface area contributed by atoms with E-state index < -0.39 is 0 Å². The highest BCUT2D eigenvalue weighted by Gasteiger charge is 2.27. The third kappa shape index (κ3) is 6.06. The van der Waals surface area contributed by atoms with Gasteiger partial charge in [0.1, 0.15) is 11.5 Å². The smallest absolute Gasteiger partial charge is 0.318 e. The highest BCUT2D eigenvalue weighted by Crippen LogP contribution is 2.32. The summed E-state index contributed by atoms with van der Waals surface area (Å²) in [6.45, 7) is 12.2. The van der Waals surface area contributed by atoms with Crippen molar-refractivity contribution in [1.82, 2.24) is 20.0 Å². The van der Waals surface area contributed by atoms with E-state index in [2.05, 4.69) is 5.32 Å². The largest absolute Gasteiger partial charge is 0.497 e. The quantitative estimate of drug-likeness (QED) is 0.501. The molecular formula is C26H34N4O3. The highest BCUT2D eigenvalue weighted by molar-refractivity contribution is 5.75. The second-order valence-corrected chi connectivity index (χ2v) is 9.30. The maximum atomic E-state index is 13.1. The predicted octanol–water partition coefficient (Wildman–Crippen LogP) is 5.70. The third-order valence-corrected chi connectivity index (χ3v) is 5.11. The number of carbonyl (C=O) groups excluding carboxylic acids is 1. The second-order valence-electron chi connectivity index (χ2n) is 9.30. The van der Waals surface area contributed by atoms with Gasteiger partial charge in [-0.15, -0.1) is 0 Å². The summed E-state index contributed by atoms with van der Waals surface area (Å²) in [6, 6.07) is 17.1. The van der Waals surface area contributed by atoms with Crippen molar-refractivity contribution in [2.24, 2.45) is 0 Å². The van der Waals surface area contributed by atoms with E-state index in [0.717, 1.165) is 22.7 Å². The molecule has 33 heavy (non-hydrogen) atoms. The number of aryl methyl sites for hydroxylation is 1. The van der Waals surface area contributed by atoms with Crippen LogP contribution < -0.4 is 14.8 Å². The Labute approximate surface area is 196 Å². The number of methoxy groups -OCH3 is 1. The molecule has 0 radical (unpaired) electrons. The summed E-state index contributed by atoms with van der Waals surface area (Å²) in [5, 5.41) is 7.83. The maximum Gasteiger partial charge on any atom is 0.318 e. The van der Waals surface area contributed by atoms with Crippen molar-refractivity contribution in [3.05, 3.63) is 65.9 Å². The zero-order valence-corrected chi connectivity index (χ0v) is 20.5. The van der Waals surface area contributed by atoms with Gasteiger partial charge in [-0.2, -0.15) is 5.10 Å². The summed E-state index contributed by atoms with van der Waals surface area (Å²) >= 11 is 0. The standard InChI is InChI=1S/C26H34N4O3/c1-18(2)29(25(31)27-26(4,5)6)17-23-19(3)28-30(20-11-9-8-10-12-20)24(23)33-22-15-13-21(32-7)14-16-22/h8-16,18H,17H2,1-7H3,(H,27,31). The third-order valence-electron chi connectivity index (χ3n) is 5.11. The van der Waals surface area contributed by atoms with E-state index in [1.165, 1.54) is 0 Å². The van der Waals surface area contributed by atoms with Crippen LogP contribution in [0.4, 0.5) is 4.79 Å². The highest BCUT2D eigenvalue weighted by atomic mass is 16.5. The van der Waals surface area contributed by atoms with E-state index in [1.807, 2.05) is 96.1 Å². The lowest BCUT2D eigenvalue weighted by Gasteiger charge is -2.31. The number of para-hydroxylation sites is 1. The van der Waals surface area contributed by atoms with Gasteiger partial charge in [-0.3, -0.25) is 0 Å². The molecule has 3 rings (SSSR count). The number of urea groups is 1. The van der Waals surface area contributed by atoms with Crippen molar-refractivity contribution in [3.8, 4) is 23.1 Å². The van der Waals surface area contributed by atoms with Crippen molar-refractivity contribution in [3.63, 3.8) is 0 Å². The lowest BCUT2D eigenvalue weighted by molar-refractivity contribution is 0.170. The van der Waals surface area contributed by atoms with Crippen molar-refractivity contribution in [1.29, 1.82) is 0 Å². The summed E-state index contributed by atoms with van der Waals surface area (Å²) in [4.78, 5) is 14.9. The molecule has 3 aromatic rings. The molecule has 0 fully saturated rings. The van der Waals surface area contributed by atoms with Gasteiger partial charge in [-0.25, -0.2) is 9.48 Å². The summed E-state index contributed by atoms with van der Waals surface area (Å²) in [6.07, 6.45) is 0. The average molecular weight is 451 g/mol. The van der Waals surface area contributed by atoms with Gasteiger partial charge < -0.3 is 19.7 Å². The molecule has 1 aromatic heterocycles. The van der Waals surface area contributed by atoms with Gasteiger partial charge in [0.2, 0.25) is 5.88 Å². The summed E-state index contributed by atoms with van der Waals surface area (Å²) in [5.41, 5.74) is 2.20. The Morgan fingerprint density at radius 2 is 1.67 bits per heavy atom. The van der Waals surface area contributed by atoms with Gasteiger partial charge >= 0.3 is 6.03 Å². The fourth-order valence-electron chi connectivity index (χ4n) is 3.38. The normalized spacial score (nSPS) is 11.4. The predicted molar refractivity (Wildman–Crippen MR) is 130 cm³/mol. The second kappa shape index (κ2) is 9.98. The Kier molecular flexibility index (Phi) is 7.31. The van der Waals surface area contributed by atoms with Crippen LogP contribution >= 0.6 is 0 Å². The lowest BCUT2D eigenvalue weighted by Crippen LogP contribution is -2.50. The first kappa shape index (κ1) is 24.2. The fraction of sp³-hybridized carbons (Fsp3) is 0.385. The molecule has 0 aliphatic heterocycles. The number of nitrogens with zero attached hydrogens (tertiary/aromatic N) is 3. The molecule has 1 heterocycles. The average Bonchev–Trinajstić information content (AvgIpc) is 3.06. The van der Waals surface area contributed by atoms with Crippen molar-refractivity contribution in [2.45, 2.75) is 59.7 Å². The fourth-order valence-corrected chi connectivity index (χ4v) is 3.38. The molecule has 0 atom stereocenters. The van der Waals surface area contributed by atoms with Crippen LogP contribution in [0.5, 0.6) is 17.4 Å². The molecular weight excluding hydrogens is 416 g/mol. The zero-order valence-electron chi connectivity index (χ0n) is 20.5. The van der Waals surface area contributed by atoms with E-state index in [-0.39, 0.29) is 17.6 Å². The molecule has 0 bridgehead atoms. The van der Waals surface area contributed by atoms with Crippen LogP contribution in [-0.2, 0) is 6.54 Å². The first-order valence-electron chi connectivity index (χ1n) is 11.1. The van der Waals surface area contributed by atoms with Crippen LogP contribution in [-0.4, -0.2) is 39.4 Å². The van der Waals surface area contributed by atoms with E-state index in [0.29, 0.717) is 18.2 Å². The zero-order chi connectivity index (χ0) is 24.2. The molecule has 0 aliphatic carbocycles. The monoisotopic (exact) mass is 450 g/mol. The molecule has 0 spiro atoms. The first-order valence-corrected chi connectivity index (χ1v) is 11.1. The number of nitrogens with one attached hydrogen (secondary N) is 1.